The van der Waals surface area contributed by atoms with Gasteiger partial charge in [-0.05, 0) is 18.8 Å². The number of hydrogen-bond acceptors (Lipinski definition) is 1. The maximum atomic E-state index is 11.7. The van der Waals surface area contributed by atoms with Gasteiger partial charge in [0.05, 0.1) is 0 Å². The van der Waals surface area contributed by atoms with Gasteiger partial charge < -0.3 is 0 Å². The molecule has 0 heterocycles. The maximum Gasteiger partial charge on any atom is 0.132 e. The highest BCUT2D eigenvalue weighted by Crippen LogP contribution is 2.22. The highest BCUT2D eigenvalue weighted by atomic mass is 16.1. The first-order valence-corrected chi connectivity index (χ1v) is 8.84. The van der Waals surface area contributed by atoms with Crippen molar-refractivity contribution in [2.24, 2.45) is 5.92 Å². The van der Waals surface area contributed by atoms with Gasteiger partial charge in [-0.25, -0.2) is 0 Å². The summed E-state index contributed by atoms with van der Waals surface area (Å²) < 4.78 is 0. The summed E-state index contributed by atoms with van der Waals surface area (Å²) in [6, 6.07) is 0. The third kappa shape index (κ3) is 9.24. The number of hydrogen-bond donors (Lipinski definition) is 0. The fourth-order valence-corrected chi connectivity index (χ4v) is 3.25. The Hall–Kier alpha value is -0.330. The number of rotatable bonds is 1. The monoisotopic (exact) mass is 266 g/mol. The van der Waals surface area contributed by atoms with Gasteiger partial charge in [0.15, 0.2) is 0 Å². The molecule has 1 rings (SSSR count). The lowest BCUT2D eigenvalue weighted by atomic mass is 9.92. The molecule has 0 aromatic rings. The van der Waals surface area contributed by atoms with Crippen LogP contribution >= 0.6 is 0 Å². The molecule has 0 aromatic heterocycles. The highest BCUT2D eigenvalue weighted by Gasteiger charge is 2.07. The molecule has 0 radical (unpaired) electrons. The summed E-state index contributed by atoms with van der Waals surface area (Å²) in [5.41, 5.74) is 0. The van der Waals surface area contributed by atoms with Crippen molar-refractivity contribution in [3.63, 3.8) is 0 Å². The first kappa shape index (κ1) is 16.7. The molecule has 0 aromatic carbocycles. The van der Waals surface area contributed by atoms with Crippen LogP contribution in [0.5, 0.6) is 0 Å². The number of Topliss-reactive ketones (excluding diaryl/α,β-unsaturated/α-hetero) is 1. The molecule has 1 aliphatic carbocycles. The predicted molar refractivity (Wildman–Crippen MR) is 83.4 cm³/mol. The van der Waals surface area contributed by atoms with E-state index >= 15 is 0 Å². The zero-order valence-electron chi connectivity index (χ0n) is 13.1. The minimum atomic E-state index is 0.512. The maximum absolute atomic E-state index is 11.7. The van der Waals surface area contributed by atoms with Crippen molar-refractivity contribution in [2.75, 3.05) is 0 Å². The molecule has 0 spiro atoms. The molecule has 0 N–H and O–H groups in total. The Kier molecular flexibility index (Phi) is 10.1. The molecule has 0 saturated heterocycles. The first-order valence-electron chi connectivity index (χ1n) is 8.84. The largest absolute Gasteiger partial charge is 0.300 e. The number of carbonyl (C=O) groups excluding carboxylic acids is 1. The smallest absolute Gasteiger partial charge is 0.132 e. The molecule has 1 nitrogen and oxygen atoms in total. The molecule has 1 saturated carbocycles. The summed E-state index contributed by atoms with van der Waals surface area (Å²) in [5, 5.41) is 0. The lowest BCUT2D eigenvalue weighted by Crippen LogP contribution is -2.00. The summed E-state index contributed by atoms with van der Waals surface area (Å²) in [7, 11) is 0. The van der Waals surface area contributed by atoms with Gasteiger partial charge >= 0.3 is 0 Å². The van der Waals surface area contributed by atoms with Gasteiger partial charge in [0.25, 0.3) is 0 Å². The Balaban J connectivity index is 2.23. The number of carbonyl (C=O) groups is 1. The second-order valence-corrected chi connectivity index (χ2v) is 6.43. The van der Waals surface area contributed by atoms with E-state index in [4.69, 9.17) is 0 Å². The summed E-state index contributed by atoms with van der Waals surface area (Å²) in [5.74, 6) is 1.49. The van der Waals surface area contributed by atoms with E-state index in [1.54, 1.807) is 0 Å². The minimum absolute atomic E-state index is 0.512. The van der Waals surface area contributed by atoms with Gasteiger partial charge in [-0.15, -0.1) is 0 Å². The predicted octanol–water partition coefficient (Wildman–Crippen LogP) is 6.06. The van der Waals surface area contributed by atoms with Gasteiger partial charge in [0.1, 0.15) is 5.78 Å². The van der Waals surface area contributed by atoms with Gasteiger partial charge in [0.2, 0.25) is 0 Å². The van der Waals surface area contributed by atoms with Gasteiger partial charge in [-0.1, -0.05) is 77.6 Å². The molecule has 1 fully saturated rings. The number of ketones is 1. The van der Waals surface area contributed by atoms with Crippen LogP contribution in [0.2, 0.25) is 0 Å². The molecule has 0 atom stereocenters. The zero-order chi connectivity index (χ0) is 13.8. The van der Waals surface area contributed by atoms with Crippen LogP contribution in [0.4, 0.5) is 0 Å². The quantitative estimate of drug-likeness (QED) is 0.564. The summed E-state index contributed by atoms with van der Waals surface area (Å²) in [6.45, 7) is 2.36. The Morgan fingerprint density at radius 2 is 1.16 bits per heavy atom. The summed E-state index contributed by atoms with van der Waals surface area (Å²) in [6.07, 6.45) is 19.0. The molecule has 0 aliphatic heterocycles. The molecular weight excluding hydrogens is 232 g/mol. The Morgan fingerprint density at radius 1 is 0.737 bits per heavy atom. The minimum Gasteiger partial charge on any atom is -0.300 e. The van der Waals surface area contributed by atoms with Gasteiger partial charge in [0, 0.05) is 12.8 Å². The second-order valence-electron chi connectivity index (χ2n) is 6.43. The zero-order valence-corrected chi connectivity index (χ0v) is 13.1. The van der Waals surface area contributed by atoms with Crippen molar-refractivity contribution in [3.8, 4) is 0 Å². The molecule has 0 unspecified atom stereocenters. The van der Waals surface area contributed by atoms with E-state index in [1.165, 1.54) is 70.6 Å². The van der Waals surface area contributed by atoms with Crippen molar-refractivity contribution in [1.29, 1.82) is 0 Å². The molecular formula is C18H34O. The third-order valence-electron chi connectivity index (χ3n) is 4.71. The molecule has 112 valence electrons. The summed E-state index contributed by atoms with van der Waals surface area (Å²) in [4.78, 5) is 11.7. The standard InChI is InChI=1S/C18H34O/c1-2-17-13-9-5-3-7-11-15-18(19)16-12-8-4-6-10-14-17/h17H,2-16H2,1H3. The molecule has 19 heavy (non-hydrogen) atoms. The van der Waals surface area contributed by atoms with Crippen LogP contribution in [0, 0.1) is 5.92 Å². The first-order chi connectivity index (χ1) is 9.33. The van der Waals surface area contributed by atoms with E-state index in [1.807, 2.05) is 0 Å². The summed E-state index contributed by atoms with van der Waals surface area (Å²) >= 11 is 0. The Labute approximate surface area is 120 Å². The average molecular weight is 266 g/mol. The van der Waals surface area contributed by atoms with E-state index in [0.29, 0.717) is 5.78 Å². The molecule has 1 aliphatic rings. The van der Waals surface area contributed by atoms with Crippen LogP contribution in [0.3, 0.4) is 0 Å². The lowest BCUT2D eigenvalue weighted by Gasteiger charge is -2.14. The third-order valence-corrected chi connectivity index (χ3v) is 4.71. The Morgan fingerprint density at radius 3 is 1.63 bits per heavy atom. The van der Waals surface area contributed by atoms with Crippen LogP contribution in [0.25, 0.3) is 0 Å². The van der Waals surface area contributed by atoms with E-state index in [9.17, 15) is 4.79 Å². The van der Waals surface area contributed by atoms with Crippen LogP contribution in [0.1, 0.15) is 103 Å². The van der Waals surface area contributed by atoms with Gasteiger partial charge in [-0.3, -0.25) is 4.79 Å². The molecule has 0 bridgehead atoms. The Bertz CT molecular complexity index is 202. The average Bonchev–Trinajstić information content (AvgIpc) is 2.41. The fraction of sp³-hybridized carbons (Fsp3) is 0.944. The highest BCUT2D eigenvalue weighted by molar-refractivity contribution is 5.78. The second kappa shape index (κ2) is 11.5. The SMILES string of the molecule is CCC1CCCCCCCC(=O)CCCCCCC1. The van der Waals surface area contributed by atoms with Crippen LogP contribution in [0.15, 0.2) is 0 Å². The van der Waals surface area contributed by atoms with Crippen LogP contribution < -0.4 is 0 Å². The van der Waals surface area contributed by atoms with E-state index in [2.05, 4.69) is 6.92 Å². The van der Waals surface area contributed by atoms with Crippen LogP contribution in [-0.2, 0) is 4.79 Å². The van der Waals surface area contributed by atoms with Crippen LogP contribution in [-0.4, -0.2) is 5.78 Å². The van der Waals surface area contributed by atoms with Gasteiger partial charge in [-0.2, -0.15) is 0 Å². The topological polar surface area (TPSA) is 17.1 Å². The normalized spacial score (nSPS) is 23.3. The van der Waals surface area contributed by atoms with Crippen molar-refractivity contribution >= 4 is 5.78 Å². The molecule has 1 heteroatoms. The van der Waals surface area contributed by atoms with Crippen molar-refractivity contribution < 1.29 is 4.79 Å². The van der Waals surface area contributed by atoms with Crippen molar-refractivity contribution in [1.82, 2.24) is 0 Å². The lowest BCUT2D eigenvalue weighted by molar-refractivity contribution is -0.119. The molecule has 0 amide bonds. The fourth-order valence-electron chi connectivity index (χ4n) is 3.25. The van der Waals surface area contributed by atoms with Crippen molar-refractivity contribution in [3.05, 3.63) is 0 Å². The van der Waals surface area contributed by atoms with E-state index in [0.717, 1.165) is 31.6 Å². The van der Waals surface area contributed by atoms with E-state index < -0.39 is 0 Å². The van der Waals surface area contributed by atoms with Crippen molar-refractivity contribution in [2.45, 2.75) is 103 Å². The van der Waals surface area contributed by atoms with E-state index in [-0.39, 0.29) is 0 Å².